The summed E-state index contributed by atoms with van der Waals surface area (Å²) < 4.78 is 0. The number of nitrogens with two attached hydrogens (primary N) is 2. The minimum absolute atomic E-state index is 0.139. The maximum Gasteiger partial charge on any atom is 0.224 e. The second kappa shape index (κ2) is 10.3. The van der Waals surface area contributed by atoms with E-state index in [9.17, 15) is 4.79 Å². The number of fused-ring (bicyclic) bond motifs is 1. The van der Waals surface area contributed by atoms with E-state index >= 15 is 0 Å². The number of nitrogens with zero attached hydrogens (tertiary/aromatic N) is 2. The number of carbonyl (C=O) groups is 1. The lowest BCUT2D eigenvalue weighted by atomic mass is 9.97. The molecular weight excluding hydrogens is 336 g/mol. The lowest BCUT2D eigenvalue weighted by Crippen LogP contribution is -2.34. The van der Waals surface area contributed by atoms with E-state index in [1.807, 2.05) is 25.3 Å². The minimum atomic E-state index is -0.211. The first-order valence-electron chi connectivity index (χ1n) is 10.00. The van der Waals surface area contributed by atoms with Crippen LogP contribution in [0, 0.1) is 0 Å². The van der Waals surface area contributed by atoms with Crippen LogP contribution >= 0.6 is 0 Å². The summed E-state index contributed by atoms with van der Waals surface area (Å²) in [4.78, 5) is 18.9. The van der Waals surface area contributed by atoms with Crippen LogP contribution in [0.4, 0.5) is 0 Å². The molecule has 0 spiro atoms. The van der Waals surface area contributed by atoms with Crippen molar-refractivity contribution >= 4 is 12.1 Å². The Balaban J connectivity index is 1.99. The van der Waals surface area contributed by atoms with Crippen molar-refractivity contribution in [1.29, 1.82) is 0 Å². The van der Waals surface area contributed by atoms with Crippen molar-refractivity contribution in [3.8, 4) is 0 Å². The number of hydrogen-bond acceptors (Lipinski definition) is 4. The number of allylic oxidation sites excluding steroid dienone is 2. The molecule has 3 atom stereocenters. The Kier molecular flexibility index (Phi) is 8.04. The zero-order chi connectivity index (χ0) is 19.8. The van der Waals surface area contributed by atoms with Gasteiger partial charge in [0.25, 0.3) is 0 Å². The summed E-state index contributed by atoms with van der Waals surface area (Å²) in [6.45, 7) is 8.19. The normalized spacial score (nSPS) is 21.0. The van der Waals surface area contributed by atoms with Crippen LogP contribution in [-0.2, 0) is 4.79 Å². The molecule has 2 rings (SSSR count). The number of primary amides is 1. The number of amides is 1. The van der Waals surface area contributed by atoms with Crippen LogP contribution in [0.15, 0.2) is 41.0 Å². The maximum absolute atomic E-state index is 11.8. The van der Waals surface area contributed by atoms with Gasteiger partial charge in [0.2, 0.25) is 5.91 Å². The van der Waals surface area contributed by atoms with Crippen LogP contribution in [0.1, 0.15) is 69.4 Å². The van der Waals surface area contributed by atoms with Crippen molar-refractivity contribution < 1.29 is 4.79 Å². The van der Waals surface area contributed by atoms with Gasteiger partial charge in [-0.25, -0.2) is 0 Å². The molecular formula is C22H34N4O. The molecule has 0 heterocycles. The molecule has 148 valence electrons. The quantitative estimate of drug-likeness (QED) is 0.618. The van der Waals surface area contributed by atoms with E-state index in [0.717, 1.165) is 50.0 Å². The molecule has 0 radical (unpaired) electrons. The highest BCUT2D eigenvalue weighted by Gasteiger charge is 2.33. The first-order chi connectivity index (χ1) is 12.9. The predicted molar refractivity (Wildman–Crippen MR) is 113 cm³/mol. The molecule has 0 aromatic heterocycles. The zero-order valence-corrected chi connectivity index (χ0v) is 16.9. The Morgan fingerprint density at radius 3 is 2.63 bits per heavy atom. The van der Waals surface area contributed by atoms with Gasteiger partial charge in [-0.15, -0.1) is 0 Å². The average Bonchev–Trinajstić information content (AvgIpc) is 3.01. The van der Waals surface area contributed by atoms with Crippen molar-refractivity contribution in [3.63, 3.8) is 0 Å². The van der Waals surface area contributed by atoms with Gasteiger partial charge < -0.3 is 11.5 Å². The smallest absolute Gasteiger partial charge is 0.224 e. The van der Waals surface area contributed by atoms with E-state index in [2.05, 4.69) is 41.9 Å². The zero-order valence-electron chi connectivity index (χ0n) is 16.9. The molecule has 1 aliphatic rings. The van der Waals surface area contributed by atoms with Crippen molar-refractivity contribution in [1.82, 2.24) is 4.90 Å². The van der Waals surface area contributed by atoms with Crippen molar-refractivity contribution in [2.75, 3.05) is 13.1 Å². The third-order valence-electron chi connectivity index (χ3n) is 5.35. The minimum Gasteiger partial charge on any atom is -0.403 e. The molecule has 1 aromatic carbocycles. The van der Waals surface area contributed by atoms with Crippen LogP contribution < -0.4 is 11.5 Å². The Morgan fingerprint density at radius 2 is 2.00 bits per heavy atom. The molecule has 0 fully saturated rings. The first-order valence-corrected chi connectivity index (χ1v) is 10.00. The fourth-order valence-electron chi connectivity index (χ4n) is 3.92. The van der Waals surface area contributed by atoms with Crippen LogP contribution in [0.3, 0.4) is 0 Å². The summed E-state index contributed by atoms with van der Waals surface area (Å²) in [5.74, 6) is 0.0289. The summed E-state index contributed by atoms with van der Waals surface area (Å²) in [5.41, 5.74) is 14.5. The fourth-order valence-corrected chi connectivity index (χ4v) is 3.92. The summed E-state index contributed by atoms with van der Waals surface area (Å²) in [6.07, 6.45) is 7.75. The van der Waals surface area contributed by atoms with Crippen molar-refractivity contribution in [2.24, 2.45) is 16.5 Å². The molecule has 0 saturated carbocycles. The summed E-state index contributed by atoms with van der Waals surface area (Å²) in [6, 6.07) is 8.25. The Bertz CT molecular complexity index is 679. The highest BCUT2D eigenvalue weighted by molar-refractivity contribution is 5.83. The lowest BCUT2D eigenvalue weighted by molar-refractivity contribution is -0.119. The van der Waals surface area contributed by atoms with E-state index in [4.69, 9.17) is 11.5 Å². The number of carbonyl (C=O) groups excluding carboxylic acids is 1. The van der Waals surface area contributed by atoms with Crippen LogP contribution in [0.2, 0.25) is 0 Å². The molecule has 4 N–H and O–H groups in total. The highest BCUT2D eigenvalue weighted by Crippen LogP contribution is 2.43. The van der Waals surface area contributed by atoms with E-state index in [0.29, 0.717) is 5.92 Å². The number of rotatable bonds is 10. The van der Waals surface area contributed by atoms with Crippen LogP contribution in [0.5, 0.6) is 0 Å². The van der Waals surface area contributed by atoms with Gasteiger partial charge in [0.05, 0.1) is 12.1 Å². The summed E-state index contributed by atoms with van der Waals surface area (Å²) in [7, 11) is 0. The fraction of sp³-hybridized carbons (Fsp3) is 0.545. The average molecular weight is 371 g/mol. The third-order valence-corrected chi connectivity index (χ3v) is 5.35. The monoisotopic (exact) mass is 370 g/mol. The number of hydrogen-bond donors (Lipinski definition) is 2. The van der Waals surface area contributed by atoms with Crippen LogP contribution in [-0.4, -0.2) is 36.3 Å². The van der Waals surface area contributed by atoms with Gasteiger partial charge in [-0.2, -0.15) is 0 Å². The molecule has 1 aromatic rings. The van der Waals surface area contributed by atoms with E-state index < -0.39 is 0 Å². The van der Waals surface area contributed by atoms with Gasteiger partial charge in [-0.05, 0) is 56.7 Å². The van der Waals surface area contributed by atoms with Crippen molar-refractivity contribution in [2.45, 2.75) is 64.5 Å². The van der Waals surface area contributed by atoms with Gasteiger partial charge in [0, 0.05) is 24.9 Å². The van der Waals surface area contributed by atoms with Gasteiger partial charge in [-0.3, -0.25) is 14.7 Å². The lowest BCUT2D eigenvalue weighted by Gasteiger charge is -2.27. The Hall–Kier alpha value is -2.14. The van der Waals surface area contributed by atoms with E-state index in [-0.39, 0.29) is 18.0 Å². The molecule has 2 unspecified atom stereocenters. The van der Waals surface area contributed by atoms with Crippen molar-refractivity contribution in [3.05, 3.63) is 47.2 Å². The van der Waals surface area contributed by atoms with Crippen LogP contribution in [0.25, 0.3) is 0 Å². The SMILES string of the molecule is CCCN(CCC1C[C@@H](C(N)=O)c2ccccc21)C(C)/N=C\C/C=C(\C)N. The summed E-state index contributed by atoms with van der Waals surface area (Å²) in [5, 5.41) is 0. The molecule has 0 bridgehead atoms. The molecule has 0 aliphatic heterocycles. The Labute approximate surface area is 163 Å². The second-order valence-electron chi connectivity index (χ2n) is 7.49. The molecule has 0 saturated heterocycles. The molecule has 5 heteroatoms. The first kappa shape index (κ1) is 21.2. The molecule has 1 amide bonds. The largest absolute Gasteiger partial charge is 0.403 e. The third kappa shape index (κ3) is 5.93. The summed E-state index contributed by atoms with van der Waals surface area (Å²) >= 11 is 0. The van der Waals surface area contributed by atoms with Gasteiger partial charge in [-0.1, -0.05) is 37.3 Å². The maximum atomic E-state index is 11.8. The van der Waals surface area contributed by atoms with Gasteiger partial charge >= 0.3 is 0 Å². The van der Waals surface area contributed by atoms with Gasteiger partial charge in [0.1, 0.15) is 0 Å². The molecule has 1 aliphatic carbocycles. The Morgan fingerprint density at radius 1 is 1.30 bits per heavy atom. The van der Waals surface area contributed by atoms with E-state index in [1.54, 1.807) is 0 Å². The number of benzene rings is 1. The second-order valence-corrected chi connectivity index (χ2v) is 7.49. The topological polar surface area (TPSA) is 84.7 Å². The van der Waals surface area contributed by atoms with E-state index in [1.165, 1.54) is 5.56 Å². The molecule has 5 nitrogen and oxygen atoms in total. The standard InChI is InChI=1S/C22H34N4O/c1-4-13-26(17(3)25-12-7-8-16(2)23)14-11-18-15-21(22(24)27)20-10-6-5-9-19(18)20/h5-6,8-10,12,17-18,21H,4,7,11,13-15,23H2,1-3H3,(H2,24,27)/b16-8+,25-12-/t17?,18?,21-/m1/s1. The van der Waals surface area contributed by atoms with Gasteiger partial charge in [0.15, 0.2) is 0 Å². The predicted octanol–water partition coefficient (Wildman–Crippen LogP) is 3.51. The number of aliphatic imine (C=N–C) groups is 1. The molecule has 27 heavy (non-hydrogen) atoms. The highest BCUT2D eigenvalue weighted by atomic mass is 16.1.